The van der Waals surface area contributed by atoms with Gasteiger partial charge in [-0.2, -0.15) is 4.98 Å². The zero-order valence-electron chi connectivity index (χ0n) is 15.0. The number of aryl methyl sites for hydroxylation is 1. The predicted molar refractivity (Wildman–Crippen MR) is 105 cm³/mol. The molecule has 25 heavy (non-hydrogen) atoms. The molecule has 0 amide bonds. The van der Waals surface area contributed by atoms with Crippen LogP contribution in [0.1, 0.15) is 19.4 Å². The van der Waals surface area contributed by atoms with E-state index in [1.165, 1.54) is 5.56 Å². The fourth-order valence-electron chi connectivity index (χ4n) is 2.79. The summed E-state index contributed by atoms with van der Waals surface area (Å²) in [6.45, 7) is 8.18. The van der Waals surface area contributed by atoms with E-state index in [0.29, 0.717) is 5.95 Å². The minimum atomic E-state index is 0.623. The smallest absolute Gasteiger partial charge is 0.229 e. The SMILES string of the molecule is CCN(CC)c1cc(-c2ccccc2)nc(Nc2ccccc2C)n1. The Balaban J connectivity index is 2.05. The second-order valence-corrected chi connectivity index (χ2v) is 5.91. The van der Waals surface area contributed by atoms with Gasteiger partial charge in [-0.3, -0.25) is 0 Å². The normalized spacial score (nSPS) is 10.5. The van der Waals surface area contributed by atoms with Gasteiger partial charge in [-0.1, -0.05) is 48.5 Å². The van der Waals surface area contributed by atoms with E-state index < -0.39 is 0 Å². The summed E-state index contributed by atoms with van der Waals surface area (Å²) >= 11 is 0. The van der Waals surface area contributed by atoms with Gasteiger partial charge in [0.2, 0.25) is 5.95 Å². The third kappa shape index (κ3) is 3.97. The Bertz CT molecular complexity index is 826. The van der Waals surface area contributed by atoms with E-state index in [1.54, 1.807) is 0 Å². The highest BCUT2D eigenvalue weighted by Gasteiger charge is 2.11. The topological polar surface area (TPSA) is 41.1 Å². The number of hydrogen-bond acceptors (Lipinski definition) is 4. The Labute approximate surface area is 149 Å². The summed E-state index contributed by atoms with van der Waals surface area (Å²) < 4.78 is 0. The van der Waals surface area contributed by atoms with Gasteiger partial charge < -0.3 is 10.2 Å². The van der Waals surface area contributed by atoms with Crippen molar-refractivity contribution in [1.29, 1.82) is 0 Å². The van der Waals surface area contributed by atoms with Gasteiger partial charge >= 0.3 is 0 Å². The molecular weight excluding hydrogens is 308 g/mol. The Morgan fingerprint density at radius 3 is 2.24 bits per heavy atom. The molecule has 1 heterocycles. The van der Waals surface area contributed by atoms with Crippen molar-refractivity contribution in [3.8, 4) is 11.3 Å². The van der Waals surface area contributed by atoms with Crippen LogP contribution < -0.4 is 10.2 Å². The maximum atomic E-state index is 4.74. The monoisotopic (exact) mass is 332 g/mol. The van der Waals surface area contributed by atoms with Gasteiger partial charge in [0.1, 0.15) is 5.82 Å². The largest absolute Gasteiger partial charge is 0.357 e. The molecule has 0 aliphatic heterocycles. The lowest BCUT2D eigenvalue weighted by Gasteiger charge is -2.21. The molecule has 3 aromatic rings. The van der Waals surface area contributed by atoms with Crippen LogP contribution in [0.4, 0.5) is 17.5 Å². The van der Waals surface area contributed by atoms with Crippen LogP contribution in [-0.2, 0) is 0 Å². The molecule has 1 N–H and O–H groups in total. The molecule has 0 saturated heterocycles. The van der Waals surface area contributed by atoms with Crippen molar-refractivity contribution in [2.75, 3.05) is 23.3 Å². The van der Waals surface area contributed by atoms with Crippen LogP contribution in [0.3, 0.4) is 0 Å². The lowest BCUT2D eigenvalue weighted by molar-refractivity contribution is 0.843. The lowest BCUT2D eigenvalue weighted by Crippen LogP contribution is -2.23. The third-order valence-corrected chi connectivity index (χ3v) is 4.26. The number of aromatic nitrogens is 2. The zero-order chi connectivity index (χ0) is 17.6. The van der Waals surface area contributed by atoms with Crippen LogP contribution in [0.2, 0.25) is 0 Å². The molecule has 0 fully saturated rings. The van der Waals surface area contributed by atoms with Crippen molar-refractivity contribution in [2.45, 2.75) is 20.8 Å². The van der Waals surface area contributed by atoms with Gasteiger partial charge in [0.15, 0.2) is 0 Å². The predicted octanol–water partition coefficient (Wildman–Crippen LogP) is 5.04. The molecule has 0 aliphatic rings. The van der Waals surface area contributed by atoms with Crippen molar-refractivity contribution in [2.24, 2.45) is 0 Å². The third-order valence-electron chi connectivity index (χ3n) is 4.26. The van der Waals surface area contributed by atoms with Gasteiger partial charge in [0.25, 0.3) is 0 Å². The molecular formula is C21H24N4. The molecule has 0 unspecified atom stereocenters. The molecule has 0 atom stereocenters. The van der Waals surface area contributed by atoms with E-state index in [9.17, 15) is 0 Å². The molecule has 0 saturated carbocycles. The average Bonchev–Trinajstić information content (AvgIpc) is 2.65. The first-order valence-electron chi connectivity index (χ1n) is 8.73. The van der Waals surface area contributed by atoms with Gasteiger partial charge in [0.05, 0.1) is 5.69 Å². The molecule has 0 radical (unpaired) electrons. The molecule has 3 rings (SSSR count). The second kappa shape index (κ2) is 7.79. The average molecular weight is 332 g/mol. The first kappa shape index (κ1) is 17.0. The van der Waals surface area contributed by atoms with Crippen LogP contribution in [0.5, 0.6) is 0 Å². The molecule has 0 aliphatic carbocycles. The van der Waals surface area contributed by atoms with Crippen molar-refractivity contribution < 1.29 is 0 Å². The number of para-hydroxylation sites is 1. The second-order valence-electron chi connectivity index (χ2n) is 5.91. The maximum absolute atomic E-state index is 4.74. The number of anilines is 3. The van der Waals surface area contributed by atoms with E-state index in [2.05, 4.69) is 55.3 Å². The van der Waals surface area contributed by atoms with Crippen LogP contribution in [0, 0.1) is 6.92 Å². The number of hydrogen-bond donors (Lipinski definition) is 1. The van der Waals surface area contributed by atoms with E-state index in [4.69, 9.17) is 9.97 Å². The number of nitrogens with one attached hydrogen (secondary N) is 1. The Hall–Kier alpha value is -2.88. The fourth-order valence-corrected chi connectivity index (χ4v) is 2.79. The highest BCUT2D eigenvalue weighted by molar-refractivity contribution is 5.67. The molecule has 2 aromatic carbocycles. The van der Waals surface area contributed by atoms with Crippen molar-refractivity contribution >= 4 is 17.5 Å². The lowest BCUT2D eigenvalue weighted by atomic mass is 10.1. The van der Waals surface area contributed by atoms with Gasteiger partial charge in [-0.25, -0.2) is 4.98 Å². The Kier molecular flexibility index (Phi) is 5.29. The van der Waals surface area contributed by atoms with E-state index in [0.717, 1.165) is 35.9 Å². The van der Waals surface area contributed by atoms with Crippen LogP contribution in [-0.4, -0.2) is 23.1 Å². The summed E-state index contributed by atoms with van der Waals surface area (Å²) in [5.74, 6) is 1.56. The standard InChI is InChI=1S/C21H24N4/c1-4-25(5-2)20-15-19(17-12-7-6-8-13-17)23-21(24-20)22-18-14-10-9-11-16(18)3/h6-15H,4-5H2,1-3H3,(H,22,23,24). The summed E-state index contributed by atoms with van der Waals surface area (Å²) in [5.41, 5.74) is 4.21. The number of benzene rings is 2. The first-order valence-corrected chi connectivity index (χ1v) is 8.73. The minimum absolute atomic E-state index is 0.623. The summed E-state index contributed by atoms with van der Waals surface area (Å²) in [4.78, 5) is 11.7. The van der Waals surface area contributed by atoms with Crippen molar-refractivity contribution in [1.82, 2.24) is 9.97 Å². The fraction of sp³-hybridized carbons (Fsp3) is 0.238. The van der Waals surface area contributed by atoms with E-state index >= 15 is 0 Å². The summed E-state index contributed by atoms with van der Waals surface area (Å²) in [6, 6.07) is 20.5. The highest BCUT2D eigenvalue weighted by atomic mass is 15.2. The number of rotatable bonds is 6. The minimum Gasteiger partial charge on any atom is -0.357 e. The Morgan fingerprint density at radius 1 is 0.880 bits per heavy atom. The van der Waals surface area contributed by atoms with Crippen LogP contribution >= 0.6 is 0 Å². The maximum Gasteiger partial charge on any atom is 0.229 e. The molecule has 0 bridgehead atoms. The molecule has 4 nitrogen and oxygen atoms in total. The van der Waals surface area contributed by atoms with Gasteiger partial charge in [0, 0.05) is 30.4 Å². The Morgan fingerprint density at radius 2 is 1.56 bits per heavy atom. The van der Waals surface area contributed by atoms with Crippen LogP contribution in [0.15, 0.2) is 60.7 Å². The number of nitrogens with zero attached hydrogens (tertiary/aromatic N) is 3. The summed E-state index contributed by atoms with van der Waals surface area (Å²) in [6.07, 6.45) is 0. The first-order chi connectivity index (χ1) is 12.2. The molecule has 1 aromatic heterocycles. The molecule has 0 spiro atoms. The van der Waals surface area contributed by atoms with Crippen molar-refractivity contribution in [3.63, 3.8) is 0 Å². The quantitative estimate of drug-likeness (QED) is 0.686. The van der Waals surface area contributed by atoms with E-state index in [-0.39, 0.29) is 0 Å². The van der Waals surface area contributed by atoms with Gasteiger partial charge in [-0.05, 0) is 32.4 Å². The highest BCUT2D eigenvalue weighted by Crippen LogP contribution is 2.25. The van der Waals surface area contributed by atoms with Gasteiger partial charge in [-0.15, -0.1) is 0 Å². The van der Waals surface area contributed by atoms with Crippen LogP contribution in [0.25, 0.3) is 11.3 Å². The summed E-state index contributed by atoms with van der Waals surface area (Å²) in [5, 5.41) is 3.38. The zero-order valence-corrected chi connectivity index (χ0v) is 15.0. The van der Waals surface area contributed by atoms with Crippen molar-refractivity contribution in [3.05, 3.63) is 66.2 Å². The summed E-state index contributed by atoms with van der Waals surface area (Å²) in [7, 11) is 0. The molecule has 128 valence electrons. The van der Waals surface area contributed by atoms with E-state index in [1.807, 2.05) is 36.4 Å². The molecule has 4 heteroatoms.